The Balaban J connectivity index is 2.91. The lowest BCUT2D eigenvalue weighted by atomic mass is 10.2. The van der Waals surface area contributed by atoms with Gasteiger partial charge in [0.15, 0.2) is 0 Å². The van der Waals surface area contributed by atoms with E-state index >= 15 is 0 Å². The minimum absolute atomic E-state index is 1.28. The lowest BCUT2D eigenvalue weighted by molar-refractivity contribution is 0.726. The van der Waals surface area contributed by atoms with E-state index in [-0.39, 0.29) is 0 Å². The number of rotatable bonds is 7. The molecule has 0 fully saturated rings. The van der Waals surface area contributed by atoms with Gasteiger partial charge in [0.2, 0.25) is 0 Å². The maximum atomic E-state index is 2.34. The van der Waals surface area contributed by atoms with Crippen LogP contribution in [0.4, 0.5) is 0 Å². The summed E-state index contributed by atoms with van der Waals surface area (Å²) >= 11 is 0. The first kappa shape index (κ1) is 10.7. The van der Waals surface area contributed by atoms with Gasteiger partial charge in [-0.15, -0.1) is 0 Å². The third-order valence-corrected chi connectivity index (χ3v) is 1.87. The van der Waals surface area contributed by atoms with Crippen LogP contribution < -0.4 is 0 Å². The number of allylic oxidation sites excluding steroid dienone is 2. The number of hydrogen-bond donors (Lipinski definition) is 0. The molecule has 0 N–H and O–H groups in total. The minimum atomic E-state index is 1.28. The first-order valence-electron chi connectivity index (χ1n) is 5.06. The van der Waals surface area contributed by atoms with Gasteiger partial charge in [-0.1, -0.05) is 51.7 Å². The summed E-state index contributed by atoms with van der Waals surface area (Å²) in [5.41, 5.74) is 0. The summed E-state index contributed by atoms with van der Waals surface area (Å²) in [6, 6.07) is 0. The summed E-state index contributed by atoms with van der Waals surface area (Å²) in [6.45, 7) is 4.49. The first-order valence-corrected chi connectivity index (χ1v) is 5.06. The zero-order valence-electron chi connectivity index (χ0n) is 8.10. The van der Waals surface area contributed by atoms with E-state index in [1.54, 1.807) is 0 Å². The van der Waals surface area contributed by atoms with Crippen LogP contribution in [0.5, 0.6) is 0 Å². The average molecular weight is 154 g/mol. The van der Waals surface area contributed by atoms with Crippen molar-refractivity contribution in [3.05, 3.63) is 12.2 Å². The molecular weight excluding hydrogens is 132 g/mol. The summed E-state index contributed by atoms with van der Waals surface area (Å²) in [5, 5.41) is 0. The van der Waals surface area contributed by atoms with E-state index in [1.165, 1.54) is 44.9 Å². The number of unbranched alkanes of at least 4 members (excludes halogenated alkanes) is 5. The molecule has 0 saturated heterocycles. The van der Waals surface area contributed by atoms with Crippen LogP contribution in [0.15, 0.2) is 12.2 Å². The molecule has 0 aromatic carbocycles. The highest BCUT2D eigenvalue weighted by molar-refractivity contribution is 4.80. The normalized spacial score (nSPS) is 11.1. The fourth-order valence-corrected chi connectivity index (χ4v) is 1.07. The molecule has 0 aromatic heterocycles. The lowest BCUT2D eigenvalue weighted by Crippen LogP contribution is -1.71. The number of hydrogen-bond acceptors (Lipinski definition) is 0. The Bertz CT molecular complexity index is 82.0. The molecule has 66 valence electrons. The highest BCUT2D eigenvalue weighted by Crippen LogP contribution is 2.01. The summed E-state index contributed by atoms with van der Waals surface area (Å²) in [6.07, 6.45) is 14.0. The average Bonchev–Trinajstić information content (AvgIpc) is 2.03. The van der Waals surface area contributed by atoms with Crippen molar-refractivity contribution in [2.75, 3.05) is 0 Å². The van der Waals surface area contributed by atoms with E-state index in [4.69, 9.17) is 0 Å². The topological polar surface area (TPSA) is 0 Å². The standard InChI is InChI=1S/C11H22/c1-3-5-7-9-11-10-8-6-4-2/h9,11H,3-8,10H2,1-2H3. The highest BCUT2D eigenvalue weighted by atomic mass is 13.9. The van der Waals surface area contributed by atoms with Gasteiger partial charge in [0.1, 0.15) is 0 Å². The van der Waals surface area contributed by atoms with Crippen LogP contribution in [0, 0.1) is 0 Å². The maximum Gasteiger partial charge on any atom is -0.0351 e. The molecule has 0 aromatic rings. The summed E-state index contributed by atoms with van der Waals surface area (Å²) in [4.78, 5) is 0. The SMILES string of the molecule is CCCCC=CCCCCC. The molecule has 0 heterocycles. The Kier molecular flexibility index (Phi) is 9.51. The lowest BCUT2D eigenvalue weighted by Gasteiger charge is -1.91. The molecule has 0 aliphatic rings. The van der Waals surface area contributed by atoms with Crippen LogP contribution in [-0.2, 0) is 0 Å². The fraction of sp³-hybridized carbons (Fsp3) is 0.818. The Morgan fingerprint density at radius 3 is 1.82 bits per heavy atom. The first-order chi connectivity index (χ1) is 5.41. The van der Waals surface area contributed by atoms with Crippen molar-refractivity contribution in [2.45, 2.75) is 58.8 Å². The van der Waals surface area contributed by atoms with Crippen molar-refractivity contribution in [1.29, 1.82) is 0 Å². The van der Waals surface area contributed by atoms with Crippen molar-refractivity contribution >= 4 is 0 Å². The van der Waals surface area contributed by atoms with Crippen LogP contribution in [0.1, 0.15) is 58.8 Å². The van der Waals surface area contributed by atoms with Crippen LogP contribution in [-0.4, -0.2) is 0 Å². The largest absolute Gasteiger partial charge is 0.0885 e. The van der Waals surface area contributed by atoms with Gasteiger partial charge < -0.3 is 0 Å². The zero-order chi connectivity index (χ0) is 8.36. The Hall–Kier alpha value is -0.260. The molecule has 0 radical (unpaired) electrons. The Morgan fingerprint density at radius 1 is 0.727 bits per heavy atom. The second kappa shape index (κ2) is 9.74. The summed E-state index contributed by atoms with van der Waals surface area (Å²) < 4.78 is 0. The molecule has 0 spiro atoms. The molecule has 0 bridgehead atoms. The smallest absolute Gasteiger partial charge is 0.0351 e. The molecule has 0 aliphatic carbocycles. The van der Waals surface area contributed by atoms with Crippen molar-refractivity contribution in [1.82, 2.24) is 0 Å². The van der Waals surface area contributed by atoms with Gasteiger partial charge in [0, 0.05) is 0 Å². The van der Waals surface area contributed by atoms with Gasteiger partial charge >= 0.3 is 0 Å². The third kappa shape index (κ3) is 9.74. The van der Waals surface area contributed by atoms with E-state index < -0.39 is 0 Å². The van der Waals surface area contributed by atoms with Gasteiger partial charge in [-0.05, 0) is 19.3 Å². The van der Waals surface area contributed by atoms with E-state index in [2.05, 4.69) is 26.0 Å². The van der Waals surface area contributed by atoms with Gasteiger partial charge in [-0.3, -0.25) is 0 Å². The maximum absolute atomic E-state index is 2.34. The second-order valence-electron chi connectivity index (χ2n) is 3.11. The van der Waals surface area contributed by atoms with Gasteiger partial charge in [-0.2, -0.15) is 0 Å². The highest BCUT2D eigenvalue weighted by Gasteiger charge is 1.81. The molecule has 11 heavy (non-hydrogen) atoms. The predicted molar refractivity (Wildman–Crippen MR) is 52.8 cm³/mol. The Morgan fingerprint density at radius 2 is 1.27 bits per heavy atom. The molecule has 0 saturated carbocycles. The van der Waals surface area contributed by atoms with Crippen LogP contribution >= 0.6 is 0 Å². The van der Waals surface area contributed by atoms with Crippen molar-refractivity contribution in [3.63, 3.8) is 0 Å². The van der Waals surface area contributed by atoms with Crippen molar-refractivity contribution in [2.24, 2.45) is 0 Å². The molecular formula is C11H22. The molecule has 0 unspecified atom stereocenters. The van der Waals surface area contributed by atoms with E-state index in [9.17, 15) is 0 Å². The monoisotopic (exact) mass is 154 g/mol. The van der Waals surface area contributed by atoms with Crippen molar-refractivity contribution < 1.29 is 0 Å². The quantitative estimate of drug-likeness (QED) is 0.378. The molecule has 0 nitrogen and oxygen atoms in total. The molecule has 0 heteroatoms. The van der Waals surface area contributed by atoms with Gasteiger partial charge in [0.25, 0.3) is 0 Å². The second-order valence-corrected chi connectivity index (χ2v) is 3.11. The van der Waals surface area contributed by atoms with E-state index in [1.807, 2.05) is 0 Å². The molecule has 0 atom stereocenters. The third-order valence-electron chi connectivity index (χ3n) is 1.87. The zero-order valence-corrected chi connectivity index (χ0v) is 8.10. The predicted octanol–water partition coefficient (Wildman–Crippen LogP) is 4.31. The van der Waals surface area contributed by atoms with Crippen LogP contribution in [0.2, 0.25) is 0 Å². The minimum Gasteiger partial charge on any atom is -0.0885 e. The van der Waals surface area contributed by atoms with Crippen molar-refractivity contribution in [3.8, 4) is 0 Å². The molecule has 0 rings (SSSR count). The van der Waals surface area contributed by atoms with Crippen LogP contribution in [0.3, 0.4) is 0 Å². The molecule has 0 aliphatic heterocycles. The fourth-order valence-electron chi connectivity index (χ4n) is 1.07. The van der Waals surface area contributed by atoms with Crippen LogP contribution in [0.25, 0.3) is 0 Å². The van der Waals surface area contributed by atoms with Gasteiger partial charge in [-0.25, -0.2) is 0 Å². The van der Waals surface area contributed by atoms with Gasteiger partial charge in [0.05, 0.1) is 0 Å². The summed E-state index contributed by atoms with van der Waals surface area (Å²) in [7, 11) is 0. The van der Waals surface area contributed by atoms with E-state index in [0.717, 1.165) is 0 Å². The Labute approximate surface area is 71.7 Å². The molecule has 0 amide bonds. The summed E-state index contributed by atoms with van der Waals surface area (Å²) in [5.74, 6) is 0. The van der Waals surface area contributed by atoms with E-state index in [0.29, 0.717) is 0 Å².